The molecule has 16 atom stereocenters. The molecule has 0 bridgehead atoms. The van der Waals surface area contributed by atoms with Crippen LogP contribution in [0.25, 0.3) is 21.8 Å². The number of carboxylic acids is 2. The van der Waals surface area contributed by atoms with Crippen LogP contribution in [0.5, 0.6) is 5.75 Å². The van der Waals surface area contributed by atoms with E-state index in [1.165, 1.54) is 55.7 Å². The van der Waals surface area contributed by atoms with Crippen molar-refractivity contribution in [1.29, 1.82) is 0 Å². The summed E-state index contributed by atoms with van der Waals surface area (Å²) in [5, 5.41) is 80.8. The fourth-order valence-electron chi connectivity index (χ4n) is 17.7. The van der Waals surface area contributed by atoms with E-state index in [0.29, 0.717) is 77.0 Å². The van der Waals surface area contributed by atoms with Crippen molar-refractivity contribution in [2.45, 2.75) is 240 Å². The Bertz CT molecular complexity index is 5270. The number of Topliss-reactive ketones (excluding diaryl/α,β-unsaturated/α-hetero) is 1. The van der Waals surface area contributed by atoms with E-state index in [-0.39, 0.29) is 95.3 Å². The average molecular weight is 1910 g/mol. The topological polar surface area (TPSA) is 654 Å². The molecule has 4 aliphatic heterocycles. The van der Waals surface area contributed by atoms with Crippen LogP contribution in [0.1, 0.15) is 152 Å². The third-order valence-electron chi connectivity index (χ3n) is 25.1. The number of aromatic hydroxyl groups is 1. The Morgan fingerprint density at radius 2 is 1.09 bits per heavy atom. The first-order chi connectivity index (χ1) is 65.1. The predicted octanol–water partition coefficient (Wildman–Crippen LogP) is -1.51. The van der Waals surface area contributed by atoms with Crippen molar-refractivity contribution in [3.63, 3.8) is 0 Å². The van der Waals surface area contributed by atoms with Gasteiger partial charge in [0, 0.05) is 123 Å². The minimum absolute atomic E-state index is 0.00321. The van der Waals surface area contributed by atoms with Gasteiger partial charge >= 0.3 is 11.9 Å². The predicted molar refractivity (Wildman–Crippen MR) is 493 cm³/mol. The van der Waals surface area contributed by atoms with E-state index in [1.807, 2.05) is 13.8 Å². The Labute approximate surface area is 787 Å². The molecule has 0 spiro atoms. The van der Waals surface area contributed by atoms with E-state index < -0.39 is 266 Å². The van der Waals surface area contributed by atoms with E-state index in [0.717, 1.165) is 26.5 Å². The minimum atomic E-state index is -1.92. The van der Waals surface area contributed by atoms with E-state index >= 15 is 47.9 Å². The largest absolute Gasteiger partial charge is 0.508 e. The van der Waals surface area contributed by atoms with Crippen LogP contribution in [0.15, 0.2) is 97.7 Å². The zero-order chi connectivity index (χ0) is 98.6. The van der Waals surface area contributed by atoms with Crippen LogP contribution in [0.3, 0.4) is 0 Å². The lowest BCUT2D eigenvalue weighted by Gasteiger charge is -2.38. The molecule has 736 valence electrons. The number of aromatic nitrogens is 4. The van der Waals surface area contributed by atoms with Crippen LogP contribution in [-0.4, -0.2) is 314 Å². The van der Waals surface area contributed by atoms with Crippen molar-refractivity contribution in [2.75, 3.05) is 57.9 Å². The molecule has 44 heteroatoms. The highest BCUT2D eigenvalue weighted by atomic mass is 32.2. The number of aliphatic hydroxyl groups excluding tert-OH is 2. The summed E-state index contributed by atoms with van der Waals surface area (Å²) in [6, 6.07) is -1.64. The molecule has 3 aromatic carbocycles. The lowest BCUT2D eigenvalue weighted by molar-refractivity contribution is -0.149. The Morgan fingerprint density at radius 1 is 0.544 bits per heavy atom. The van der Waals surface area contributed by atoms with E-state index in [1.54, 1.807) is 60.9 Å². The number of carboxylic acid groups (broad SMARTS) is 2. The number of aromatic amines is 3. The lowest BCUT2D eigenvalue weighted by atomic mass is 9.81. The molecule has 0 aliphatic carbocycles. The number of hydrogen-bond donors (Lipinski definition) is 20. The number of aliphatic hydroxyl groups is 2. The summed E-state index contributed by atoms with van der Waals surface area (Å²) in [6.45, 7) is 2.44. The van der Waals surface area contributed by atoms with Crippen molar-refractivity contribution in [3.8, 4) is 5.75 Å². The van der Waals surface area contributed by atoms with Crippen LogP contribution < -0.4 is 64.6 Å². The standard InChI is InChI=1S/C92H124N20O23S/c1-5-7-17-57-50(3)79(122)64(36-52-41-96-60-20-11-9-18-58(52)60)103-84(127)69(46-113)107-82(125)65(37-53-42-97-61-21-12-10-19-59(53)61)104-88(131)74-39-56(115)45-112(74)90(133)63(30-31-77(118)119)102-83(126)66(38-54-43-95-49-99-54)105-86(129)73-25-16-34-111(73)92(135)68(40-78(120)121)106-87(130)72-24-13-14-33-110(72)91(134)67(35-51-26-28-55(114)29-27-51)100-76(117)48-136-47-70(80(123)98-44-75(94)116)108-81(124)62(22-15-32-93)101-85(128)71(23-8-6-2)109(4)89(57)132/h9-12,18-21,26-29,41-43,49-50,56-57,62-74,96-97,113-115H,5-8,13-17,22-25,30-40,44-48,93H2,1-4H3,(H2,94,116)(H,95,99)(H,98,123)(H,100,117)(H,101,128)(H,102,126)(H,103,127)(H,104,131)(H,105,129)(H,106,130)(H,107,125)(H,108,124)(H,118,119)(H,120,121)/t50?,56-,57-,62+,63+,64+,65+,66+,67+,68+,69+,70+,71+,72+,73+,74+/m1/s1. The second kappa shape index (κ2) is 50.3. The number of phenols is 1. The molecule has 15 amide bonds. The normalized spacial score (nSPS) is 25.7. The van der Waals surface area contributed by atoms with Crippen molar-refractivity contribution in [3.05, 3.63) is 120 Å². The second-order valence-corrected chi connectivity index (χ2v) is 35.9. The number of aliphatic carboxylic acids is 2. The number of hydrogen-bond acceptors (Lipinski definition) is 24. The molecule has 4 fully saturated rings. The number of piperidine rings is 1. The van der Waals surface area contributed by atoms with E-state index in [9.17, 15) is 63.9 Å². The summed E-state index contributed by atoms with van der Waals surface area (Å²) >= 11 is 0.780. The van der Waals surface area contributed by atoms with Gasteiger partial charge in [0.25, 0.3) is 0 Å². The molecule has 7 heterocycles. The average Bonchev–Trinajstić information content (AvgIpc) is 1.74. The Hall–Kier alpha value is -13.4. The highest BCUT2D eigenvalue weighted by Gasteiger charge is 2.48. The maximum atomic E-state index is 15.8. The van der Waals surface area contributed by atoms with Gasteiger partial charge in [0.1, 0.15) is 78.3 Å². The number of likely N-dealkylation sites (N-methyl/N-ethyl adjacent to an activating group) is 1. The summed E-state index contributed by atoms with van der Waals surface area (Å²) in [5.41, 5.74) is 14.2. The highest BCUT2D eigenvalue weighted by Crippen LogP contribution is 2.31. The van der Waals surface area contributed by atoms with Gasteiger partial charge < -0.3 is 125 Å². The van der Waals surface area contributed by atoms with Crippen molar-refractivity contribution >= 4 is 140 Å². The Kier molecular flexibility index (Phi) is 38.7. The molecule has 4 saturated heterocycles. The molecule has 3 aromatic heterocycles. The molecule has 1 unspecified atom stereocenters. The number of imidazole rings is 1. The molecule has 0 radical (unpaired) electrons. The molecule has 43 nitrogen and oxygen atoms in total. The molecule has 6 aromatic rings. The van der Waals surface area contributed by atoms with Gasteiger partial charge in [-0.2, -0.15) is 0 Å². The number of phenolic OH excluding ortho intramolecular Hbond substituents is 1. The van der Waals surface area contributed by atoms with Crippen LogP contribution in [-0.2, 0) is 112 Å². The fourth-order valence-corrected chi connectivity index (χ4v) is 18.6. The minimum Gasteiger partial charge on any atom is -0.508 e. The summed E-state index contributed by atoms with van der Waals surface area (Å²) in [7, 11) is 1.37. The van der Waals surface area contributed by atoms with Crippen LogP contribution in [0.4, 0.5) is 0 Å². The quantitative estimate of drug-likeness (QED) is 0.0294. The van der Waals surface area contributed by atoms with Crippen LogP contribution in [0, 0.1) is 11.8 Å². The number of fused-ring (bicyclic) bond motifs is 5. The lowest BCUT2D eigenvalue weighted by Crippen LogP contribution is -2.61. The van der Waals surface area contributed by atoms with E-state index in [2.05, 4.69) is 73.1 Å². The van der Waals surface area contributed by atoms with Crippen LogP contribution in [0.2, 0.25) is 0 Å². The van der Waals surface area contributed by atoms with Gasteiger partial charge in [0.05, 0.1) is 49.5 Å². The number of thioether (sulfide) groups is 1. The fraction of sp³-hybridized carbons (Fsp3) is 0.533. The van der Waals surface area contributed by atoms with Crippen molar-refractivity contribution in [2.24, 2.45) is 23.3 Å². The molecular formula is C92H124N20O23S. The number of amides is 15. The molecule has 10 rings (SSSR count). The highest BCUT2D eigenvalue weighted by molar-refractivity contribution is 8.00. The van der Waals surface area contributed by atoms with Gasteiger partial charge in [-0.25, -0.2) is 4.98 Å². The summed E-state index contributed by atoms with van der Waals surface area (Å²) in [5.74, 6) is -22.0. The number of benzene rings is 3. The number of para-hydroxylation sites is 2. The number of unbranched alkanes of at least 4 members (excludes halogenated alkanes) is 2. The first-order valence-electron chi connectivity index (χ1n) is 46.0. The van der Waals surface area contributed by atoms with Gasteiger partial charge in [-0.15, -0.1) is 11.8 Å². The SMILES string of the molecule is CCCC[C@H]1C(=O)N(C)[C@@H](CCCC)C(=O)N[C@@H](CCCN)C(=O)N[C@H](C(=O)NCC(N)=O)CSCC(=O)N[C@@H](Cc2ccc(O)cc2)C(=O)N2CCCC[C@H]2C(=O)N[C@@H](CC(=O)O)C(=O)N2CCC[C@H]2C(=O)N[C@@H](Cc2c[nH]cn2)C(=O)N[C@@H](CCC(=O)O)C(=O)N2C[C@H](O)C[C@H]2C(=O)N[C@@H](Cc2c[nH]c3ccccc23)C(=O)N[C@@H](CO)C(=O)N[C@@H](Cc2c[nH]c3ccccc23)C(=O)C1C. The van der Waals surface area contributed by atoms with Crippen LogP contribution >= 0.6 is 11.8 Å². The van der Waals surface area contributed by atoms with Gasteiger partial charge in [-0.3, -0.25) is 86.3 Å². The zero-order valence-electron chi connectivity index (χ0n) is 76.4. The molecular weight excluding hydrogens is 1790 g/mol. The molecule has 0 saturated carbocycles. The van der Waals surface area contributed by atoms with Gasteiger partial charge in [-0.05, 0) is 112 Å². The summed E-state index contributed by atoms with van der Waals surface area (Å²) in [4.78, 5) is 281. The number of nitrogens with two attached hydrogens (primary N) is 2. The number of ketones is 1. The van der Waals surface area contributed by atoms with Gasteiger partial charge in [0.2, 0.25) is 88.6 Å². The smallest absolute Gasteiger partial charge is 0.305 e. The van der Waals surface area contributed by atoms with Crippen molar-refractivity contribution in [1.82, 2.24) is 92.7 Å². The van der Waals surface area contributed by atoms with Gasteiger partial charge in [-0.1, -0.05) is 95.0 Å². The number of carbonyl (C=O) groups is 18. The molecule has 136 heavy (non-hydrogen) atoms. The third-order valence-corrected chi connectivity index (χ3v) is 26.1. The first kappa shape index (κ1) is 105. The summed E-state index contributed by atoms with van der Waals surface area (Å²) < 4.78 is 0. The number of H-pyrrole nitrogens is 3. The third kappa shape index (κ3) is 28.4. The number of nitrogens with one attached hydrogen (secondary N) is 13. The maximum absolute atomic E-state index is 15.8. The number of rotatable bonds is 26. The Morgan fingerprint density at radius 3 is 1.69 bits per heavy atom. The molecule has 22 N–H and O–H groups in total. The van der Waals surface area contributed by atoms with Gasteiger partial charge in [0.15, 0.2) is 5.78 Å². The van der Waals surface area contributed by atoms with E-state index in [4.69, 9.17) is 11.5 Å². The number of carbonyl (C=O) groups excluding carboxylic acids is 16. The number of nitrogens with zero attached hydrogens (tertiary/aromatic N) is 5. The second-order valence-electron chi connectivity index (χ2n) is 34.9. The maximum Gasteiger partial charge on any atom is 0.305 e. The van der Waals surface area contributed by atoms with Crippen molar-refractivity contribution < 1.29 is 112 Å². The Balaban J connectivity index is 1.02. The number of primary amides is 1. The first-order valence-corrected chi connectivity index (χ1v) is 47.1. The summed E-state index contributed by atoms with van der Waals surface area (Å²) in [6.07, 6.45) is 2.39. The zero-order valence-corrected chi connectivity index (χ0v) is 77.2. The molecule has 4 aliphatic rings. The monoisotopic (exact) mass is 1910 g/mol.